The van der Waals surface area contributed by atoms with Crippen LogP contribution in [0.5, 0.6) is 0 Å². The molecule has 0 spiro atoms. The summed E-state index contributed by atoms with van der Waals surface area (Å²) < 4.78 is 27.1. The van der Waals surface area contributed by atoms with Crippen molar-refractivity contribution >= 4 is 65.9 Å². The van der Waals surface area contributed by atoms with Crippen LogP contribution in [-0.2, 0) is 0 Å². The Labute approximate surface area is 431 Å². The van der Waals surface area contributed by atoms with E-state index in [0.29, 0.717) is 47.2 Å². The Bertz CT molecular complexity index is 3420. The van der Waals surface area contributed by atoms with E-state index >= 15 is 0 Å². The van der Waals surface area contributed by atoms with E-state index in [1.165, 1.54) is 151 Å². The zero-order valence-electron chi connectivity index (χ0n) is 42.3. The van der Waals surface area contributed by atoms with Crippen molar-refractivity contribution in [2.45, 2.75) is 152 Å². The molecule has 8 nitrogen and oxygen atoms in total. The van der Waals surface area contributed by atoms with Gasteiger partial charge in [0, 0.05) is 22.3 Å². The number of rotatable bonds is 8. The van der Waals surface area contributed by atoms with E-state index < -0.39 is 0 Å². The summed E-state index contributed by atoms with van der Waals surface area (Å²) in [5, 5.41) is 3.84. The number of fused-ring (bicyclic) bond motifs is 6. The molecular formula is C66H62N4O4. The van der Waals surface area contributed by atoms with Crippen LogP contribution in [0.25, 0.3) is 112 Å². The maximum atomic E-state index is 6.77. The second kappa shape index (κ2) is 18.4. The Morgan fingerprint density at radius 3 is 0.716 bits per heavy atom. The molecule has 0 N–H and O–H groups in total. The number of oxazole rings is 4. The Morgan fingerprint density at radius 2 is 0.486 bits per heavy atom. The van der Waals surface area contributed by atoms with Crippen LogP contribution in [0, 0.1) is 0 Å². The van der Waals surface area contributed by atoms with Crippen LogP contribution < -0.4 is 0 Å². The van der Waals surface area contributed by atoms with Crippen LogP contribution in [0.15, 0.2) is 127 Å². The van der Waals surface area contributed by atoms with Crippen LogP contribution in [0.2, 0.25) is 0 Å². The van der Waals surface area contributed by atoms with Crippen molar-refractivity contribution in [2.24, 2.45) is 0 Å². The van der Waals surface area contributed by atoms with Crippen molar-refractivity contribution in [1.82, 2.24) is 19.9 Å². The standard InChI is InChI=1S/C66H62N4O4/c1-5-13-39(14-6-1)43-21-29-59-55(33-43)67-63(71-59)47-25-26-48(64-68-56-34-44(22-30-60(56)72-64)40-15-7-2-8-16-40)52-38-54-50(66-70-58-36-46(24-32-62(58)74-66)42-19-11-4-12-20-42)28-27-49(53(54)37-51(47)52)65-69-57-35-45(23-31-61(57)73-65)41-17-9-3-10-18-41/h21-42H,1-20H2. The van der Waals surface area contributed by atoms with Crippen LogP contribution in [0.1, 0.15) is 174 Å². The first-order valence-electron chi connectivity index (χ1n) is 28.3. The van der Waals surface area contributed by atoms with Crippen molar-refractivity contribution in [3.05, 3.63) is 131 Å². The number of hydrogen-bond donors (Lipinski definition) is 0. The minimum Gasteiger partial charge on any atom is -0.436 e. The van der Waals surface area contributed by atoms with Crippen molar-refractivity contribution in [3.63, 3.8) is 0 Å². The van der Waals surface area contributed by atoms with Gasteiger partial charge in [0.15, 0.2) is 22.3 Å². The molecule has 15 rings (SSSR count). The smallest absolute Gasteiger partial charge is 0.227 e. The molecule has 11 aromatic rings. The fourth-order valence-corrected chi connectivity index (χ4v) is 13.9. The summed E-state index contributed by atoms with van der Waals surface area (Å²) >= 11 is 0. The molecule has 4 fully saturated rings. The highest BCUT2D eigenvalue weighted by atomic mass is 16.4. The fourth-order valence-electron chi connectivity index (χ4n) is 13.9. The van der Waals surface area contributed by atoms with E-state index in [9.17, 15) is 0 Å². The lowest BCUT2D eigenvalue weighted by atomic mass is 9.84. The molecule has 4 aliphatic rings. The van der Waals surface area contributed by atoms with Crippen molar-refractivity contribution in [1.29, 1.82) is 0 Å². The predicted octanol–water partition coefficient (Wildman–Crippen LogP) is 19.4. The molecule has 0 saturated heterocycles. The third-order valence-corrected chi connectivity index (χ3v) is 18.0. The molecule has 0 atom stereocenters. The minimum absolute atomic E-state index is 0.563. The summed E-state index contributed by atoms with van der Waals surface area (Å²) in [5.74, 6) is 4.56. The maximum absolute atomic E-state index is 6.77. The van der Waals surface area contributed by atoms with Gasteiger partial charge in [-0.2, -0.15) is 0 Å². The van der Waals surface area contributed by atoms with E-state index in [-0.39, 0.29) is 0 Å². The monoisotopic (exact) mass is 974 g/mol. The van der Waals surface area contributed by atoms with Gasteiger partial charge < -0.3 is 17.7 Å². The van der Waals surface area contributed by atoms with Crippen LogP contribution in [0.3, 0.4) is 0 Å². The van der Waals surface area contributed by atoms with Crippen molar-refractivity contribution in [3.8, 4) is 45.8 Å². The van der Waals surface area contributed by atoms with Crippen LogP contribution in [-0.4, -0.2) is 19.9 Å². The van der Waals surface area contributed by atoms with Crippen molar-refractivity contribution in [2.75, 3.05) is 0 Å². The molecule has 7 aromatic carbocycles. The zero-order chi connectivity index (χ0) is 48.7. The normalized spacial score (nSPS) is 18.1. The summed E-state index contributed by atoms with van der Waals surface area (Å²) in [6.45, 7) is 0. The van der Waals surface area contributed by atoms with Gasteiger partial charge in [-0.05, 0) is 204 Å². The van der Waals surface area contributed by atoms with E-state index in [4.69, 9.17) is 37.6 Å². The molecule has 8 heteroatoms. The highest BCUT2D eigenvalue weighted by Crippen LogP contribution is 2.46. The van der Waals surface area contributed by atoms with Gasteiger partial charge in [-0.3, -0.25) is 0 Å². The average Bonchev–Trinajstić information content (AvgIpc) is 4.29. The molecule has 0 bridgehead atoms. The third kappa shape index (κ3) is 7.93. The van der Waals surface area contributed by atoms with Gasteiger partial charge in [-0.1, -0.05) is 101 Å². The summed E-state index contributed by atoms with van der Waals surface area (Å²) in [6.07, 6.45) is 25.3. The van der Waals surface area contributed by atoms with Gasteiger partial charge >= 0.3 is 0 Å². The lowest BCUT2D eigenvalue weighted by Crippen LogP contribution is -2.04. The highest BCUT2D eigenvalue weighted by molar-refractivity contribution is 6.15. The van der Waals surface area contributed by atoms with Gasteiger partial charge in [-0.15, -0.1) is 0 Å². The molecule has 0 unspecified atom stereocenters. The van der Waals surface area contributed by atoms with Gasteiger partial charge in [0.25, 0.3) is 0 Å². The highest BCUT2D eigenvalue weighted by Gasteiger charge is 2.26. The minimum atomic E-state index is 0.563. The summed E-state index contributed by atoms with van der Waals surface area (Å²) in [7, 11) is 0. The van der Waals surface area contributed by atoms with Gasteiger partial charge in [0.2, 0.25) is 23.6 Å². The first-order chi connectivity index (χ1) is 36.6. The molecule has 0 radical (unpaired) electrons. The van der Waals surface area contributed by atoms with Crippen LogP contribution in [0.4, 0.5) is 0 Å². The molecule has 74 heavy (non-hydrogen) atoms. The van der Waals surface area contributed by atoms with Crippen molar-refractivity contribution < 1.29 is 17.7 Å². The lowest BCUT2D eigenvalue weighted by Gasteiger charge is -2.21. The summed E-state index contributed by atoms with van der Waals surface area (Å²) in [4.78, 5) is 21.1. The Balaban J connectivity index is 0.943. The topological polar surface area (TPSA) is 104 Å². The Morgan fingerprint density at radius 1 is 0.257 bits per heavy atom. The molecule has 4 aliphatic carbocycles. The second-order valence-electron chi connectivity index (χ2n) is 22.6. The predicted molar refractivity (Wildman–Crippen MR) is 297 cm³/mol. The zero-order valence-corrected chi connectivity index (χ0v) is 42.3. The maximum Gasteiger partial charge on any atom is 0.227 e. The fraction of sp³-hybridized carbons (Fsp3) is 0.364. The third-order valence-electron chi connectivity index (χ3n) is 18.0. The average molecular weight is 975 g/mol. The Kier molecular flexibility index (Phi) is 11.0. The Hall–Kier alpha value is -7.06. The molecule has 4 aromatic heterocycles. The number of hydrogen-bond acceptors (Lipinski definition) is 8. The van der Waals surface area contributed by atoms with Gasteiger partial charge in [-0.25, -0.2) is 19.9 Å². The number of nitrogens with zero attached hydrogens (tertiary/aromatic N) is 4. The second-order valence-corrected chi connectivity index (χ2v) is 22.6. The lowest BCUT2D eigenvalue weighted by molar-refractivity contribution is 0.444. The van der Waals surface area contributed by atoms with E-state index in [2.05, 4.69) is 109 Å². The van der Waals surface area contributed by atoms with E-state index in [1.807, 2.05) is 0 Å². The summed E-state index contributed by atoms with van der Waals surface area (Å²) in [6, 6.07) is 39.7. The molecule has 0 amide bonds. The molecule has 370 valence electrons. The van der Waals surface area contributed by atoms with Crippen LogP contribution >= 0.6 is 0 Å². The summed E-state index contributed by atoms with van der Waals surface area (Å²) in [5.41, 5.74) is 15.7. The number of benzene rings is 7. The molecule has 4 saturated carbocycles. The quantitative estimate of drug-likeness (QED) is 0.139. The van der Waals surface area contributed by atoms with Gasteiger partial charge in [0.05, 0.1) is 0 Å². The largest absolute Gasteiger partial charge is 0.436 e. The number of aromatic nitrogens is 4. The van der Waals surface area contributed by atoms with Gasteiger partial charge in [0.1, 0.15) is 22.1 Å². The molecule has 0 aliphatic heterocycles. The first kappa shape index (κ1) is 44.4. The van der Waals surface area contributed by atoms with E-state index in [1.54, 1.807) is 0 Å². The molecule has 4 heterocycles. The molecular weight excluding hydrogens is 913 g/mol. The first-order valence-corrected chi connectivity index (χ1v) is 28.3. The van der Waals surface area contributed by atoms with E-state index in [0.717, 1.165) is 88.2 Å². The SMILES string of the molecule is c1cc2oc(-c3ccc(-c4nc5cc(C6CCCCC6)ccc5o4)c4cc5c(-c6nc7cc(C8CCCCC8)ccc7o6)ccc(-c6nc7cc(C8CCCCC8)ccc7o6)c5cc34)nc2cc1C1CCCCC1.